The Bertz CT molecular complexity index is 1070. The summed E-state index contributed by atoms with van der Waals surface area (Å²) in [5, 5.41) is 4.62. The molecule has 1 N–H and O–H groups in total. The van der Waals surface area contributed by atoms with Crippen LogP contribution in [-0.4, -0.2) is 15.6 Å². The van der Waals surface area contributed by atoms with Crippen LogP contribution in [0.15, 0.2) is 58.4 Å². The molecule has 130 valence electrons. The first-order chi connectivity index (χ1) is 12.5. The van der Waals surface area contributed by atoms with Gasteiger partial charge >= 0.3 is 0 Å². The van der Waals surface area contributed by atoms with Crippen molar-refractivity contribution in [2.75, 3.05) is 0 Å². The van der Waals surface area contributed by atoms with Crippen molar-refractivity contribution in [3.8, 4) is 0 Å². The van der Waals surface area contributed by atoms with Crippen molar-refractivity contribution in [2.45, 2.75) is 13.8 Å². The number of fused-ring (bicyclic) bond motifs is 1. The second-order valence-electron chi connectivity index (χ2n) is 6.39. The van der Waals surface area contributed by atoms with E-state index in [1.165, 1.54) is 17.3 Å². The minimum atomic E-state index is -0.104. The van der Waals surface area contributed by atoms with Gasteiger partial charge in [-0.3, -0.25) is 4.79 Å². The van der Waals surface area contributed by atoms with Gasteiger partial charge in [-0.25, -0.2) is 4.99 Å². The van der Waals surface area contributed by atoms with Crippen molar-refractivity contribution < 1.29 is 4.79 Å². The van der Waals surface area contributed by atoms with Crippen LogP contribution in [0.25, 0.3) is 17.0 Å². The van der Waals surface area contributed by atoms with Crippen molar-refractivity contribution in [1.29, 1.82) is 0 Å². The van der Waals surface area contributed by atoms with Crippen LogP contribution in [0.5, 0.6) is 0 Å². The lowest BCUT2D eigenvalue weighted by Gasteiger charge is -1.98. The van der Waals surface area contributed by atoms with Crippen molar-refractivity contribution in [1.82, 2.24) is 9.88 Å². The van der Waals surface area contributed by atoms with Crippen LogP contribution in [-0.2, 0) is 11.8 Å². The quantitative estimate of drug-likeness (QED) is 0.673. The molecule has 4 nitrogen and oxygen atoms in total. The Morgan fingerprint density at radius 2 is 1.81 bits per heavy atom. The molecule has 1 aliphatic rings. The predicted molar refractivity (Wildman–Crippen MR) is 110 cm³/mol. The molecule has 4 rings (SSSR count). The topological polar surface area (TPSA) is 46.4 Å². The van der Waals surface area contributed by atoms with Gasteiger partial charge in [0.25, 0.3) is 5.91 Å². The molecule has 0 aliphatic carbocycles. The number of carbonyl (C=O) groups excluding carboxylic acids is 1. The zero-order valence-corrected chi connectivity index (χ0v) is 15.7. The van der Waals surface area contributed by atoms with Crippen molar-refractivity contribution in [2.24, 2.45) is 12.0 Å². The zero-order chi connectivity index (χ0) is 18.3. The largest absolute Gasteiger partial charge is 0.347 e. The Morgan fingerprint density at radius 3 is 2.58 bits per heavy atom. The third kappa shape index (κ3) is 2.95. The highest BCUT2D eigenvalue weighted by Crippen LogP contribution is 2.32. The summed E-state index contributed by atoms with van der Waals surface area (Å²) < 4.78 is 2.15. The number of aryl methyl sites for hydroxylation is 2. The molecule has 0 radical (unpaired) electrons. The lowest BCUT2D eigenvalue weighted by Crippen LogP contribution is -2.19. The number of carbonyl (C=O) groups is 1. The molecule has 1 amide bonds. The third-order valence-corrected chi connectivity index (χ3v) is 5.55. The summed E-state index contributed by atoms with van der Waals surface area (Å²) in [6.45, 7) is 4.11. The summed E-state index contributed by atoms with van der Waals surface area (Å²) in [7, 11) is 2.05. The first kappa shape index (κ1) is 16.7. The van der Waals surface area contributed by atoms with Gasteiger partial charge in [-0.05, 0) is 49.9 Å². The molecule has 3 aromatic rings. The maximum Gasteiger partial charge on any atom is 0.264 e. The fraction of sp³-hybridized carbons (Fsp3) is 0.143. The maximum atomic E-state index is 12.4. The van der Waals surface area contributed by atoms with Gasteiger partial charge in [0, 0.05) is 29.2 Å². The van der Waals surface area contributed by atoms with Crippen molar-refractivity contribution >= 4 is 45.5 Å². The molecule has 0 unspecified atom stereocenters. The fourth-order valence-electron chi connectivity index (χ4n) is 3.08. The molecular formula is C21H19N3OS. The van der Waals surface area contributed by atoms with Crippen LogP contribution in [0, 0.1) is 13.8 Å². The number of amides is 1. The summed E-state index contributed by atoms with van der Waals surface area (Å²) in [5.41, 5.74) is 5.40. The summed E-state index contributed by atoms with van der Waals surface area (Å²) in [6, 6.07) is 16.2. The molecule has 5 heteroatoms. The molecule has 1 saturated heterocycles. The lowest BCUT2D eigenvalue weighted by molar-refractivity contribution is -0.115. The van der Waals surface area contributed by atoms with Crippen molar-refractivity contribution in [3.05, 3.63) is 70.3 Å². The number of nitrogens with zero attached hydrogens (tertiary/aromatic N) is 2. The van der Waals surface area contributed by atoms with Gasteiger partial charge in [0.05, 0.1) is 10.6 Å². The molecule has 26 heavy (non-hydrogen) atoms. The van der Waals surface area contributed by atoms with Gasteiger partial charge in [-0.2, -0.15) is 0 Å². The molecule has 2 heterocycles. The monoisotopic (exact) mass is 361 g/mol. The summed E-state index contributed by atoms with van der Waals surface area (Å²) in [4.78, 5) is 17.6. The number of rotatable bonds is 2. The third-order valence-electron chi connectivity index (χ3n) is 4.64. The van der Waals surface area contributed by atoms with E-state index in [1.54, 1.807) is 0 Å². The Hall–Kier alpha value is -2.79. The molecule has 0 atom stereocenters. The number of aromatic nitrogens is 1. The molecule has 1 fully saturated rings. The smallest absolute Gasteiger partial charge is 0.264 e. The number of benzene rings is 2. The van der Waals surface area contributed by atoms with E-state index in [-0.39, 0.29) is 5.91 Å². The first-order valence-corrected chi connectivity index (χ1v) is 9.25. The molecule has 0 spiro atoms. The normalized spacial score (nSPS) is 17.4. The van der Waals surface area contributed by atoms with Crippen LogP contribution in [0.1, 0.15) is 16.8 Å². The van der Waals surface area contributed by atoms with E-state index >= 15 is 0 Å². The number of para-hydroxylation sites is 1. The van der Waals surface area contributed by atoms with Crippen LogP contribution < -0.4 is 5.32 Å². The summed E-state index contributed by atoms with van der Waals surface area (Å²) in [5.74, 6) is -0.104. The Labute approximate surface area is 156 Å². The maximum absolute atomic E-state index is 12.4. The first-order valence-electron chi connectivity index (χ1n) is 8.43. The molecule has 0 bridgehead atoms. The summed E-state index contributed by atoms with van der Waals surface area (Å²) in [6.07, 6.45) is 1.97. The second-order valence-corrected chi connectivity index (χ2v) is 7.42. The minimum Gasteiger partial charge on any atom is -0.347 e. The summed E-state index contributed by atoms with van der Waals surface area (Å²) >= 11 is 1.38. The highest BCUT2D eigenvalue weighted by atomic mass is 32.2. The van der Waals surface area contributed by atoms with E-state index in [4.69, 9.17) is 0 Å². The Morgan fingerprint density at radius 1 is 1.08 bits per heavy atom. The number of aliphatic imine (C=N–C) groups is 1. The van der Waals surface area contributed by atoms with E-state index in [0.29, 0.717) is 10.1 Å². The molecule has 1 aromatic heterocycles. The fourth-order valence-corrected chi connectivity index (χ4v) is 3.90. The van der Waals surface area contributed by atoms with Crippen molar-refractivity contribution in [3.63, 3.8) is 0 Å². The van der Waals surface area contributed by atoms with E-state index in [1.807, 2.05) is 56.4 Å². The van der Waals surface area contributed by atoms with E-state index in [9.17, 15) is 4.79 Å². The SMILES string of the molecule is Cc1ccc(N=C2NC(=O)/C(=C\c3c(C)n(C)c4ccccc34)S2)cc1. The second kappa shape index (κ2) is 6.50. The average Bonchev–Trinajstić information content (AvgIpc) is 3.10. The molecule has 2 aromatic carbocycles. The van der Waals surface area contributed by atoms with Gasteiger partial charge in [0.15, 0.2) is 5.17 Å². The lowest BCUT2D eigenvalue weighted by atomic mass is 10.1. The van der Waals surface area contributed by atoms with Crippen LogP contribution in [0.2, 0.25) is 0 Å². The standard InChI is InChI=1S/C21H19N3OS/c1-13-8-10-15(11-9-13)22-21-23-20(25)19(26-21)12-17-14(2)24(3)18-7-5-4-6-16(17)18/h4-12H,1-3H3,(H,22,23,25)/b19-12+. The predicted octanol–water partition coefficient (Wildman–Crippen LogP) is 4.69. The van der Waals surface area contributed by atoms with Gasteiger partial charge < -0.3 is 9.88 Å². The van der Waals surface area contributed by atoms with Gasteiger partial charge in [0.2, 0.25) is 0 Å². The number of amidine groups is 1. The zero-order valence-electron chi connectivity index (χ0n) is 14.9. The Balaban J connectivity index is 1.70. The van der Waals surface area contributed by atoms with Crippen LogP contribution in [0.3, 0.4) is 0 Å². The molecule has 1 aliphatic heterocycles. The van der Waals surface area contributed by atoms with Gasteiger partial charge in [-0.15, -0.1) is 0 Å². The Kier molecular flexibility index (Phi) is 4.17. The number of nitrogens with one attached hydrogen (secondary N) is 1. The number of hydrogen-bond acceptors (Lipinski definition) is 3. The van der Waals surface area contributed by atoms with Gasteiger partial charge in [-0.1, -0.05) is 35.9 Å². The number of hydrogen-bond donors (Lipinski definition) is 1. The van der Waals surface area contributed by atoms with E-state index in [0.717, 1.165) is 27.8 Å². The highest BCUT2D eigenvalue weighted by molar-refractivity contribution is 8.18. The van der Waals surface area contributed by atoms with Crippen LogP contribution >= 0.6 is 11.8 Å². The van der Waals surface area contributed by atoms with E-state index in [2.05, 4.69) is 33.9 Å². The number of thioether (sulfide) groups is 1. The van der Waals surface area contributed by atoms with Gasteiger partial charge in [0.1, 0.15) is 0 Å². The van der Waals surface area contributed by atoms with Crippen LogP contribution in [0.4, 0.5) is 5.69 Å². The minimum absolute atomic E-state index is 0.104. The van der Waals surface area contributed by atoms with E-state index < -0.39 is 0 Å². The molecule has 0 saturated carbocycles. The average molecular weight is 361 g/mol. The highest BCUT2D eigenvalue weighted by Gasteiger charge is 2.25. The molecular weight excluding hydrogens is 342 g/mol.